The van der Waals surface area contributed by atoms with Gasteiger partial charge in [-0.15, -0.1) is 0 Å². The van der Waals surface area contributed by atoms with Gasteiger partial charge in [-0.3, -0.25) is 4.79 Å². The summed E-state index contributed by atoms with van der Waals surface area (Å²) < 4.78 is 5.30. The normalized spacial score (nSPS) is 23.6. The Labute approximate surface area is 73.3 Å². The summed E-state index contributed by atoms with van der Waals surface area (Å²) in [6.07, 6.45) is 4.27. The van der Waals surface area contributed by atoms with E-state index in [1.54, 1.807) is 6.92 Å². The van der Waals surface area contributed by atoms with Gasteiger partial charge in [-0.1, -0.05) is 0 Å². The maximum atomic E-state index is 11.2. The zero-order valence-corrected chi connectivity index (χ0v) is 7.80. The van der Waals surface area contributed by atoms with Crippen LogP contribution in [0.5, 0.6) is 0 Å². The highest BCUT2D eigenvalue weighted by Gasteiger charge is 2.33. The molecule has 1 fully saturated rings. The van der Waals surface area contributed by atoms with Crippen LogP contribution in [0.1, 0.15) is 39.5 Å². The van der Waals surface area contributed by atoms with Crippen LogP contribution in [-0.2, 0) is 9.53 Å². The maximum absolute atomic E-state index is 11.2. The minimum Gasteiger partial charge on any atom is -0.458 e. The van der Waals surface area contributed by atoms with E-state index in [0.29, 0.717) is 0 Å². The monoisotopic (exact) mass is 171 g/mol. The van der Waals surface area contributed by atoms with Crippen molar-refractivity contribution in [2.75, 3.05) is 0 Å². The molecule has 0 radical (unpaired) electrons. The molecule has 3 heteroatoms. The summed E-state index contributed by atoms with van der Waals surface area (Å²) in [7, 11) is 0. The van der Waals surface area contributed by atoms with Crippen molar-refractivity contribution in [3.63, 3.8) is 0 Å². The van der Waals surface area contributed by atoms with Crippen LogP contribution in [0.15, 0.2) is 0 Å². The van der Waals surface area contributed by atoms with E-state index in [9.17, 15) is 4.79 Å². The predicted molar refractivity (Wildman–Crippen MR) is 46.6 cm³/mol. The summed E-state index contributed by atoms with van der Waals surface area (Å²) in [6, 6.07) is -0.498. The molecule has 2 N–H and O–H groups in total. The SMILES string of the molecule is CC(N)C(=O)OC1(C)CCCC1. The number of esters is 1. The van der Waals surface area contributed by atoms with Gasteiger partial charge in [0.15, 0.2) is 0 Å². The van der Waals surface area contributed by atoms with Gasteiger partial charge in [0.1, 0.15) is 11.6 Å². The van der Waals surface area contributed by atoms with E-state index in [-0.39, 0.29) is 11.6 Å². The van der Waals surface area contributed by atoms with Crippen LogP contribution in [0.25, 0.3) is 0 Å². The fourth-order valence-corrected chi connectivity index (χ4v) is 1.56. The molecular formula is C9H17NO2. The molecule has 0 heterocycles. The fraction of sp³-hybridized carbons (Fsp3) is 0.889. The Morgan fingerprint density at radius 3 is 2.42 bits per heavy atom. The first-order chi connectivity index (χ1) is 5.53. The molecule has 0 aromatic carbocycles. The van der Waals surface area contributed by atoms with Gasteiger partial charge in [-0.2, -0.15) is 0 Å². The Morgan fingerprint density at radius 2 is 2.00 bits per heavy atom. The predicted octanol–water partition coefficient (Wildman–Crippen LogP) is 1.21. The van der Waals surface area contributed by atoms with E-state index >= 15 is 0 Å². The van der Waals surface area contributed by atoms with Crippen LogP contribution in [-0.4, -0.2) is 17.6 Å². The molecular weight excluding hydrogens is 154 g/mol. The van der Waals surface area contributed by atoms with Crippen molar-refractivity contribution >= 4 is 5.97 Å². The second-order valence-corrected chi connectivity index (χ2v) is 3.87. The summed E-state index contributed by atoms with van der Waals surface area (Å²) >= 11 is 0. The molecule has 0 aliphatic heterocycles. The largest absolute Gasteiger partial charge is 0.458 e. The standard InChI is InChI=1S/C9H17NO2/c1-7(10)8(11)12-9(2)5-3-4-6-9/h7H,3-6,10H2,1-2H3. The lowest BCUT2D eigenvalue weighted by Gasteiger charge is -2.24. The van der Waals surface area contributed by atoms with E-state index in [4.69, 9.17) is 10.5 Å². The molecule has 1 rings (SSSR count). The number of ether oxygens (including phenoxy) is 1. The third kappa shape index (κ3) is 2.21. The van der Waals surface area contributed by atoms with Crippen molar-refractivity contribution in [1.29, 1.82) is 0 Å². The first-order valence-corrected chi connectivity index (χ1v) is 4.52. The summed E-state index contributed by atoms with van der Waals surface area (Å²) in [5, 5.41) is 0. The van der Waals surface area contributed by atoms with E-state index in [1.165, 1.54) is 0 Å². The average Bonchev–Trinajstić information content (AvgIpc) is 2.35. The van der Waals surface area contributed by atoms with Crippen molar-refractivity contribution < 1.29 is 9.53 Å². The number of hydrogen-bond donors (Lipinski definition) is 1. The summed E-state index contributed by atoms with van der Waals surface area (Å²) in [6.45, 7) is 3.64. The van der Waals surface area contributed by atoms with E-state index in [1.807, 2.05) is 6.92 Å². The molecule has 0 amide bonds. The number of carbonyl (C=O) groups is 1. The van der Waals surface area contributed by atoms with Crippen LogP contribution in [0, 0.1) is 0 Å². The highest BCUT2D eigenvalue weighted by Crippen LogP contribution is 2.32. The number of hydrogen-bond acceptors (Lipinski definition) is 3. The molecule has 0 aromatic rings. The molecule has 70 valence electrons. The van der Waals surface area contributed by atoms with Gasteiger partial charge in [0.05, 0.1) is 0 Å². The topological polar surface area (TPSA) is 52.3 Å². The number of rotatable bonds is 2. The first kappa shape index (κ1) is 9.52. The Morgan fingerprint density at radius 1 is 1.50 bits per heavy atom. The van der Waals surface area contributed by atoms with E-state index < -0.39 is 6.04 Å². The molecule has 3 nitrogen and oxygen atoms in total. The second kappa shape index (κ2) is 3.44. The lowest BCUT2D eigenvalue weighted by atomic mass is 10.1. The molecule has 1 atom stereocenters. The van der Waals surface area contributed by atoms with Crippen LogP contribution >= 0.6 is 0 Å². The third-order valence-electron chi connectivity index (χ3n) is 2.38. The van der Waals surface area contributed by atoms with Gasteiger partial charge < -0.3 is 10.5 Å². The van der Waals surface area contributed by atoms with Crippen LogP contribution < -0.4 is 5.73 Å². The van der Waals surface area contributed by atoms with Gasteiger partial charge in [-0.25, -0.2) is 0 Å². The minimum atomic E-state index is -0.498. The molecule has 1 aliphatic rings. The van der Waals surface area contributed by atoms with E-state index in [0.717, 1.165) is 25.7 Å². The van der Waals surface area contributed by atoms with Gasteiger partial charge in [0.2, 0.25) is 0 Å². The lowest BCUT2D eigenvalue weighted by Crippen LogP contribution is -2.36. The summed E-state index contributed by atoms with van der Waals surface area (Å²) in [4.78, 5) is 11.2. The Hall–Kier alpha value is -0.570. The molecule has 0 spiro atoms. The van der Waals surface area contributed by atoms with Crippen LogP contribution in [0.2, 0.25) is 0 Å². The molecule has 12 heavy (non-hydrogen) atoms. The summed E-state index contributed by atoms with van der Waals surface area (Å²) in [5.74, 6) is -0.278. The van der Waals surface area contributed by atoms with Gasteiger partial charge in [-0.05, 0) is 39.5 Å². The third-order valence-corrected chi connectivity index (χ3v) is 2.38. The highest BCUT2D eigenvalue weighted by molar-refractivity contribution is 5.75. The fourth-order valence-electron chi connectivity index (χ4n) is 1.56. The number of nitrogens with two attached hydrogens (primary N) is 1. The summed E-state index contributed by atoms with van der Waals surface area (Å²) in [5.41, 5.74) is 5.17. The van der Waals surface area contributed by atoms with Crippen LogP contribution in [0.3, 0.4) is 0 Å². The Balaban J connectivity index is 2.44. The molecule has 0 saturated heterocycles. The maximum Gasteiger partial charge on any atom is 0.323 e. The Kier molecular flexibility index (Phi) is 2.73. The molecule has 0 aromatic heterocycles. The minimum absolute atomic E-state index is 0.231. The average molecular weight is 171 g/mol. The molecule has 0 bridgehead atoms. The number of carbonyl (C=O) groups excluding carboxylic acids is 1. The van der Waals surface area contributed by atoms with Gasteiger partial charge in [0.25, 0.3) is 0 Å². The molecule has 1 saturated carbocycles. The highest BCUT2D eigenvalue weighted by atomic mass is 16.6. The smallest absolute Gasteiger partial charge is 0.323 e. The van der Waals surface area contributed by atoms with Crippen molar-refractivity contribution in [3.8, 4) is 0 Å². The van der Waals surface area contributed by atoms with Crippen molar-refractivity contribution in [2.24, 2.45) is 5.73 Å². The van der Waals surface area contributed by atoms with E-state index in [2.05, 4.69) is 0 Å². The molecule has 1 unspecified atom stereocenters. The molecule has 1 aliphatic carbocycles. The Bertz CT molecular complexity index is 171. The van der Waals surface area contributed by atoms with Crippen LogP contribution in [0.4, 0.5) is 0 Å². The lowest BCUT2D eigenvalue weighted by molar-refractivity contribution is -0.158. The second-order valence-electron chi connectivity index (χ2n) is 3.87. The zero-order chi connectivity index (χ0) is 9.19. The van der Waals surface area contributed by atoms with Crippen molar-refractivity contribution in [3.05, 3.63) is 0 Å². The quantitative estimate of drug-likeness (QED) is 0.635. The van der Waals surface area contributed by atoms with Gasteiger partial charge >= 0.3 is 5.97 Å². The zero-order valence-electron chi connectivity index (χ0n) is 7.80. The van der Waals surface area contributed by atoms with Crippen molar-refractivity contribution in [1.82, 2.24) is 0 Å². The van der Waals surface area contributed by atoms with Gasteiger partial charge in [0, 0.05) is 0 Å². The first-order valence-electron chi connectivity index (χ1n) is 4.52. The van der Waals surface area contributed by atoms with Crippen molar-refractivity contribution in [2.45, 2.75) is 51.2 Å².